The molecule has 174 valence electrons. The van der Waals surface area contributed by atoms with Gasteiger partial charge in [-0.2, -0.15) is 0 Å². The minimum absolute atomic E-state index is 0.0517. The third-order valence-electron chi connectivity index (χ3n) is 5.77. The summed E-state index contributed by atoms with van der Waals surface area (Å²) < 4.78 is 29.3. The number of anilines is 1. The summed E-state index contributed by atoms with van der Waals surface area (Å²) in [6.45, 7) is 0.323. The van der Waals surface area contributed by atoms with Crippen LogP contribution in [0.25, 0.3) is 16.6 Å². The van der Waals surface area contributed by atoms with Gasteiger partial charge in [-0.25, -0.2) is 17.8 Å². The van der Waals surface area contributed by atoms with Crippen LogP contribution in [0.3, 0.4) is 0 Å². The summed E-state index contributed by atoms with van der Waals surface area (Å²) in [5.41, 5.74) is 0.444. The topological polar surface area (TPSA) is 130 Å². The van der Waals surface area contributed by atoms with E-state index in [0.29, 0.717) is 23.5 Å². The summed E-state index contributed by atoms with van der Waals surface area (Å²) >= 11 is 1.07. The Morgan fingerprint density at radius 2 is 1.91 bits per heavy atom. The van der Waals surface area contributed by atoms with Gasteiger partial charge in [-0.1, -0.05) is 24.3 Å². The second-order valence-corrected chi connectivity index (χ2v) is 10.7. The molecule has 0 amide bonds. The number of aromatic nitrogens is 2. The number of rotatable bonds is 5. The highest BCUT2D eigenvalue weighted by Crippen LogP contribution is 2.32. The molecule has 3 heterocycles. The molecule has 0 spiro atoms. The SMILES string of the molecule is O=C(O)Cc1scc2[nH]c(=O)n(-c3cccc(S(=O)(=O)N4CCCc5ccccc54)c3)c(=O)c12. The first kappa shape index (κ1) is 22.1. The summed E-state index contributed by atoms with van der Waals surface area (Å²) in [6.07, 6.45) is 1.10. The van der Waals surface area contributed by atoms with Crippen LogP contribution < -0.4 is 15.6 Å². The van der Waals surface area contributed by atoms with Crippen LogP contribution in [0.1, 0.15) is 16.9 Å². The Hall–Kier alpha value is -3.70. The van der Waals surface area contributed by atoms with Crippen molar-refractivity contribution in [3.05, 3.63) is 85.2 Å². The van der Waals surface area contributed by atoms with Gasteiger partial charge >= 0.3 is 11.7 Å². The van der Waals surface area contributed by atoms with Crippen LogP contribution in [0.2, 0.25) is 0 Å². The summed E-state index contributed by atoms with van der Waals surface area (Å²) in [5.74, 6) is -1.10. The van der Waals surface area contributed by atoms with E-state index in [2.05, 4.69) is 4.98 Å². The molecule has 0 unspecified atom stereocenters. The summed E-state index contributed by atoms with van der Waals surface area (Å²) in [7, 11) is -3.96. The summed E-state index contributed by atoms with van der Waals surface area (Å²) in [5, 5.41) is 10.8. The molecule has 0 saturated heterocycles. The lowest BCUT2D eigenvalue weighted by molar-refractivity contribution is -0.136. The number of carboxylic acid groups (broad SMARTS) is 1. The van der Waals surface area contributed by atoms with E-state index in [1.54, 1.807) is 12.1 Å². The Morgan fingerprint density at radius 3 is 2.71 bits per heavy atom. The molecule has 0 aliphatic carbocycles. The first-order valence-electron chi connectivity index (χ1n) is 10.5. The summed E-state index contributed by atoms with van der Waals surface area (Å²) in [6, 6.07) is 13.0. The highest BCUT2D eigenvalue weighted by Gasteiger charge is 2.29. The molecule has 0 saturated carbocycles. The van der Waals surface area contributed by atoms with E-state index >= 15 is 0 Å². The van der Waals surface area contributed by atoms with E-state index in [4.69, 9.17) is 5.11 Å². The average Bonchev–Trinajstić information content (AvgIpc) is 3.20. The number of aliphatic carboxylic acids is 1. The van der Waals surface area contributed by atoms with Gasteiger partial charge in [0.2, 0.25) is 0 Å². The quantitative estimate of drug-likeness (QED) is 0.436. The average molecular weight is 498 g/mol. The number of sulfonamides is 1. The fourth-order valence-corrected chi connectivity index (χ4v) is 6.80. The van der Waals surface area contributed by atoms with E-state index in [-0.39, 0.29) is 27.9 Å². The van der Waals surface area contributed by atoms with Gasteiger partial charge in [-0.15, -0.1) is 11.3 Å². The second kappa shape index (κ2) is 8.26. The minimum atomic E-state index is -3.96. The number of aromatic amines is 1. The van der Waals surface area contributed by atoms with Crippen LogP contribution in [-0.2, 0) is 27.7 Å². The van der Waals surface area contributed by atoms with Gasteiger partial charge in [-0.05, 0) is 42.7 Å². The molecule has 1 aliphatic rings. The third kappa shape index (κ3) is 3.62. The molecule has 1 aliphatic heterocycles. The van der Waals surface area contributed by atoms with Crippen molar-refractivity contribution in [3.63, 3.8) is 0 Å². The van der Waals surface area contributed by atoms with Crippen molar-refractivity contribution in [2.24, 2.45) is 0 Å². The zero-order valence-electron chi connectivity index (χ0n) is 17.7. The lowest BCUT2D eigenvalue weighted by Gasteiger charge is -2.30. The van der Waals surface area contributed by atoms with E-state index < -0.39 is 27.2 Å². The minimum Gasteiger partial charge on any atom is -0.481 e. The number of hydrogen-bond acceptors (Lipinski definition) is 6. The van der Waals surface area contributed by atoms with Crippen LogP contribution in [0.4, 0.5) is 5.69 Å². The number of thiophene rings is 1. The number of benzene rings is 2. The van der Waals surface area contributed by atoms with Crippen molar-refractivity contribution in [2.45, 2.75) is 24.2 Å². The van der Waals surface area contributed by atoms with Crippen molar-refractivity contribution in [3.8, 4) is 5.69 Å². The van der Waals surface area contributed by atoms with E-state index in [1.807, 2.05) is 12.1 Å². The highest BCUT2D eigenvalue weighted by atomic mass is 32.2. The van der Waals surface area contributed by atoms with Crippen molar-refractivity contribution in [1.82, 2.24) is 9.55 Å². The maximum Gasteiger partial charge on any atom is 0.333 e. The van der Waals surface area contributed by atoms with Gasteiger partial charge in [-0.3, -0.25) is 13.9 Å². The van der Waals surface area contributed by atoms with Crippen LogP contribution in [-0.4, -0.2) is 35.6 Å². The molecule has 0 radical (unpaired) electrons. The number of H-pyrrole nitrogens is 1. The van der Waals surface area contributed by atoms with Crippen molar-refractivity contribution in [2.75, 3.05) is 10.8 Å². The largest absolute Gasteiger partial charge is 0.481 e. The molecular formula is C23H19N3O6S2. The molecule has 9 nitrogen and oxygen atoms in total. The van der Waals surface area contributed by atoms with Crippen molar-refractivity contribution in [1.29, 1.82) is 0 Å². The predicted molar refractivity (Wildman–Crippen MR) is 129 cm³/mol. The van der Waals surface area contributed by atoms with Gasteiger partial charge < -0.3 is 10.1 Å². The van der Waals surface area contributed by atoms with Crippen LogP contribution >= 0.6 is 11.3 Å². The molecule has 2 aromatic carbocycles. The molecular weight excluding hydrogens is 478 g/mol. The predicted octanol–water partition coefficient (Wildman–Crippen LogP) is 2.51. The molecule has 0 bridgehead atoms. The Bertz CT molecular complexity index is 1670. The Kier molecular flexibility index (Phi) is 5.37. The molecule has 11 heteroatoms. The molecule has 4 aromatic rings. The molecule has 5 rings (SSSR count). The monoisotopic (exact) mass is 497 g/mol. The van der Waals surface area contributed by atoms with Crippen LogP contribution in [0.15, 0.2) is 68.4 Å². The fourth-order valence-electron chi connectivity index (χ4n) is 4.26. The number of fused-ring (bicyclic) bond motifs is 2. The van der Waals surface area contributed by atoms with Gasteiger partial charge in [0.1, 0.15) is 0 Å². The Labute approximate surface area is 197 Å². The number of para-hydroxylation sites is 1. The maximum absolute atomic E-state index is 13.5. The van der Waals surface area contributed by atoms with Gasteiger partial charge in [0.25, 0.3) is 15.6 Å². The second-order valence-electron chi connectivity index (χ2n) is 7.90. The molecule has 2 aromatic heterocycles. The number of nitrogens with one attached hydrogen (secondary N) is 1. The zero-order valence-corrected chi connectivity index (χ0v) is 19.4. The number of carboxylic acids is 1. The number of carbonyl (C=O) groups is 1. The zero-order chi connectivity index (χ0) is 24.0. The summed E-state index contributed by atoms with van der Waals surface area (Å²) in [4.78, 5) is 40.0. The fraction of sp³-hybridized carbons (Fsp3) is 0.174. The van der Waals surface area contributed by atoms with Gasteiger partial charge in [0.05, 0.1) is 33.6 Å². The smallest absolute Gasteiger partial charge is 0.333 e. The maximum atomic E-state index is 13.5. The lowest BCUT2D eigenvalue weighted by atomic mass is 10.0. The normalized spacial score (nSPS) is 13.7. The van der Waals surface area contributed by atoms with E-state index in [1.165, 1.54) is 34.0 Å². The molecule has 0 fully saturated rings. The number of nitrogens with zero attached hydrogens (tertiary/aromatic N) is 2. The molecule has 0 atom stereocenters. The van der Waals surface area contributed by atoms with Crippen LogP contribution in [0.5, 0.6) is 0 Å². The Morgan fingerprint density at radius 1 is 1.12 bits per heavy atom. The van der Waals surface area contributed by atoms with Gasteiger partial charge in [0.15, 0.2) is 0 Å². The van der Waals surface area contributed by atoms with Crippen molar-refractivity contribution >= 4 is 43.9 Å². The molecule has 34 heavy (non-hydrogen) atoms. The highest BCUT2D eigenvalue weighted by molar-refractivity contribution is 7.92. The first-order valence-corrected chi connectivity index (χ1v) is 12.8. The lowest BCUT2D eigenvalue weighted by Crippen LogP contribution is -2.36. The number of hydrogen-bond donors (Lipinski definition) is 2. The van der Waals surface area contributed by atoms with E-state index in [0.717, 1.165) is 27.9 Å². The number of aryl methyl sites for hydroxylation is 1. The van der Waals surface area contributed by atoms with Crippen LogP contribution in [0, 0.1) is 0 Å². The van der Waals surface area contributed by atoms with Gasteiger partial charge in [0, 0.05) is 16.8 Å². The molecule has 2 N–H and O–H groups in total. The standard InChI is InChI=1S/C23H19N3O6S2/c27-20(28)12-19-21-17(13-33-19)24-23(30)26(22(21)29)15-7-3-8-16(11-15)34(31,32)25-10-4-6-14-5-1-2-9-18(14)25/h1-3,5,7-9,11,13H,4,6,10,12H2,(H,24,30)(H,27,28). The third-order valence-corrected chi connectivity index (χ3v) is 8.57. The van der Waals surface area contributed by atoms with E-state index in [9.17, 15) is 22.8 Å². The first-order chi connectivity index (χ1) is 16.3. The van der Waals surface area contributed by atoms with Crippen molar-refractivity contribution < 1.29 is 18.3 Å². The Balaban J connectivity index is 1.64.